The van der Waals surface area contributed by atoms with Crippen LogP contribution in [0.4, 0.5) is 0 Å². The van der Waals surface area contributed by atoms with Crippen LogP contribution in [-0.4, -0.2) is 159 Å². The van der Waals surface area contributed by atoms with Gasteiger partial charge in [-0.15, -0.1) is 0 Å². The first-order valence-electron chi connectivity index (χ1n) is 21.5. The lowest BCUT2D eigenvalue weighted by Gasteiger charge is -2.15. The van der Waals surface area contributed by atoms with Crippen molar-refractivity contribution in [3.63, 3.8) is 0 Å². The number of amides is 2. The Labute approximate surface area is 350 Å². The topological polar surface area (TPSA) is 255 Å². The molecular weight excluding hydrogens is 774 g/mol. The van der Waals surface area contributed by atoms with Gasteiger partial charge in [0.05, 0.1) is 106 Å². The van der Waals surface area contributed by atoms with E-state index in [-0.39, 0.29) is 44.2 Å². The summed E-state index contributed by atoms with van der Waals surface area (Å²) in [5, 5.41) is 26.5. The van der Waals surface area contributed by atoms with Crippen LogP contribution in [-0.2, 0) is 57.1 Å². The smallest absolute Gasteiger partial charge is 0.328 e. The van der Waals surface area contributed by atoms with E-state index in [1.54, 1.807) is 0 Å². The first-order valence-corrected chi connectivity index (χ1v) is 21.5. The summed E-state index contributed by atoms with van der Waals surface area (Å²) in [6, 6.07) is -1.20. The van der Waals surface area contributed by atoms with E-state index >= 15 is 0 Å². The van der Waals surface area contributed by atoms with E-state index in [2.05, 4.69) is 20.7 Å². The molecule has 0 aromatic rings. The van der Waals surface area contributed by atoms with Crippen LogP contribution in [0.2, 0.25) is 0 Å². The molecular formula is C40H75N5O14. The molecule has 19 heteroatoms. The second kappa shape index (κ2) is 45.9. The molecule has 2 amide bonds. The number of hydrogen-bond donors (Lipinski definition) is 4. The molecule has 1 unspecified atom stereocenters. The van der Waals surface area contributed by atoms with Crippen molar-refractivity contribution in [1.29, 1.82) is 0 Å². The van der Waals surface area contributed by atoms with Gasteiger partial charge in [-0.1, -0.05) is 82.2 Å². The Kier molecular flexibility index (Phi) is 43.5. The van der Waals surface area contributed by atoms with Gasteiger partial charge < -0.3 is 58.7 Å². The number of carbonyl (C=O) groups excluding carboxylic acids is 2. The predicted octanol–water partition coefficient (Wildman–Crippen LogP) is 4.83. The number of aliphatic carboxylic acids is 2. The molecule has 0 saturated heterocycles. The van der Waals surface area contributed by atoms with Crippen LogP contribution in [0.25, 0.3) is 10.4 Å². The number of unbranched alkanes of at least 4 members (excludes halogenated alkanes) is 13. The second-order valence-corrected chi connectivity index (χ2v) is 13.7. The quantitative estimate of drug-likeness (QED) is 0.0277. The molecule has 59 heavy (non-hydrogen) atoms. The molecule has 4 N–H and O–H groups in total. The normalized spacial score (nSPS) is 11.6. The van der Waals surface area contributed by atoms with Crippen molar-refractivity contribution >= 4 is 23.8 Å². The maximum absolute atomic E-state index is 12.3. The third-order valence-electron chi connectivity index (χ3n) is 8.66. The highest BCUT2D eigenvalue weighted by molar-refractivity contribution is 5.84. The Morgan fingerprint density at radius 3 is 1.15 bits per heavy atom. The molecule has 0 saturated carbocycles. The highest BCUT2D eigenvalue weighted by Crippen LogP contribution is 2.14. The number of carboxylic acid groups (broad SMARTS) is 2. The number of azide groups is 1. The molecule has 0 aliphatic rings. The average molecular weight is 850 g/mol. The fourth-order valence-electron chi connectivity index (χ4n) is 5.41. The number of carbonyl (C=O) groups is 4. The third-order valence-corrected chi connectivity index (χ3v) is 8.66. The Hall–Kier alpha value is -3.13. The number of carboxylic acids is 2. The predicted molar refractivity (Wildman–Crippen MR) is 219 cm³/mol. The van der Waals surface area contributed by atoms with Gasteiger partial charge in [0.25, 0.3) is 0 Å². The van der Waals surface area contributed by atoms with Crippen LogP contribution < -0.4 is 10.6 Å². The Morgan fingerprint density at radius 1 is 0.458 bits per heavy atom. The van der Waals surface area contributed by atoms with Crippen LogP contribution >= 0.6 is 0 Å². The monoisotopic (exact) mass is 850 g/mol. The summed E-state index contributed by atoms with van der Waals surface area (Å²) >= 11 is 0. The molecule has 19 nitrogen and oxygen atoms in total. The van der Waals surface area contributed by atoms with Gasteiger partial charge in [0.1, 0.15) is 6.04 Å². The van der Waals surface area contributed by atoms with Gasteiger partial charge in [-0.05, 0) is 18.4 Å². The summed E-state index contributed by atoms with van der Waals surface area (Å²) < 4.78 is 43.2. The SMILES string of the molecule is [N-]=[N+]=NCCOCCOCCOCCOCCOCCOCCOCCOCCC(=O)NCC(NC(=O)CCCCCCCCCCCCCCCCC(=O)O)C(=O)O. The van der Waals surface area contributed by atoms with E-state index in [9.17, 15) is 24.3 Å². The van der Waals surface area contributed by atoms with E-state index in [0.29, 0.717) is 112 Å². The van der Waals surface area contributed by atoms with Gasteiger partial charge in [0, 0.05) is 37.3 Å². The van der Waals surface area contributed by atoms with Crippen molar-refractivity contribution in [2.75, 3.05) is 119 Å². The third kappa shape index (κ3) is 45.8. The summed E-state index contributed by atoms with van der Waals surface area (Å²) in [7, 11) is 0. The van der Waals surface area contributed by atoms with Gasteiger partial charge >= 0.3 is 11.9 Å². The van der Waals surface area contributed by atoms with Crippen molar-refractivity contribution in [2.45, 2.75) is 115 Å². The van der Waals surface area contributed by atoms with Crippen molar-refractivity contribution in [3.05, 3.63) is 10.4 Å². The summed E-state index contributed by atoms with van der Waals surface area (Å²) in [6.45, 7) is 6.52. The van der Waals surface area contributed by atoms with E-state index in [4.69, 9.17) is 48.5 Å². The zero-order chi connectivity index (χ0) is 43.1. The van der Waals surface area contributed by atoms with Gasteiger partial charge in [-0.25, -0.2) is 4.79 Å². The molecule has 0 aliphatic heterocycles. The molecule has 344 valence electrons. The van der Waals surface area contributed by atoms with Crippen LogP contribution in [0.15, 0.2) is 5.11 Å². The molecule has 0 fully saturated rings. The standard InChI is InChI=1S/C40H75N5O14/c41-45-43-18-20-53-22-24-55-26-28-57-30-32-59-34-33-58-31-29-56-27-25-54-23-21-52-19-17-37(46)42-35-36(40(50)51)44-38(47)15-13-11-9-7-5-3-1-2-4-6-8-10-12-14-16-39(48)49/h36H,1-35H2,(H,42,46)(H,44,47)(H,48,49)(H,50,51). The maximum atomic E-state index is 12.3. The highest BCUT2D eigenvalue weighted by Gasteiger charge is 2.20. The number of nitrogens with zero attached hydrogens (tertiary/aromatic N) is 3. The number of nitrogens with one attached hydrogen (secondary N) is 2. The van der Waals surface area contributed by atoms with Crippen LogP contribution in [0, 0.1) is 0 Å². The van der Waals surface area contributed by atoms with Gasteiger partial charge in [0.15, 0.2) is 0 Å². The van der Waals surface area contributed by atoms with Crippen LogP contribution in [0.1, 0.15) is 109 Å². The minimum Gasteiger partial charge on any atom is -0.481 e. The van der Waals surface area contributed by atoms with Gasteiger partial charge in [-0.3, -0.25) is 14.4 Å². The Morgan fingerprint density at radius 2 is 0.797 bits per heavy atom. The molecule has 0 bridgehead atoms. The van der Waals surface area contributed by atoms with Crippen LogP contribution in [0.3, 0.4) is 0 Å². The van der Waals surface area contributed by atoms with Crippen molar-refractivity contribution < 1.29 is 67.3 Å². The first-order chi connectivity index (χ1) is 28.9. The van der Waals surface area contributed by atoms with Crippen LogP contribution in [0.5, 0.6) is 0 Å². The van der Waals surface area contributed by atoms with E-state index < -0.39 is 18.0 Å². The summed E-state index contributed by atoms with van der Waals surface area (Å²) in [4.78, 5) is 49.2. The van der Waals surface area contributed by atoms with Crippen molar-refractivity contribution in [2.24, 2.45) is 5.11 Å². The first kappa shape index (κ1) is 55.9. The zero-order valence-electron chi connectivity index (χ0n) is 35.5. The van der Waals surface area contributed by atoms with E-state index in [1.165, 1.54) is 44.9 Å². The zero-order valence-corrected chi connectivity index (χ0v) is 35.5. The lowest BCUT2D eigenvalue weighted by molar-refractivity contribution is -0.142. The second-order valence-electron chi connectivity index (χ2n) is 13.7. The number of hydrogen-bond acceptors (Lipinski definition) is 13. The molecule has 0 rings (SSSR count). The number of rotatable bonds is 48. The summed E-state index contributed by atoms with van der Waals surface area (Å²) in [5.41, 5.74) is 8.15. The highest BCUT2D eigenvalue weighted by atomic mass is 16.6. The fourth-order valence-corrected chi connectivity index (χ4v) is 5.41. The maximum Gasteiger partial charge on any atom is 0.328 e. The molecule has 0 aromatic carbocycles. The fraction of sp³-hybridized carbons (Fsp3) is 0.900. The van der Waals surface area contributed by atoms with Gasteiger partial charge in [-0.2, -0.15) is 0 Å². The Bertz CT molecular complexity index is 1050. The van der Waals surface area contributed by atoms with Crippen molar-refractivity contribution in [3.8, 4) is 0 Å². The lowest BCUT2D eigenvalue weighted by Crippen LogP contribution is -2.48. The minimum absolute atomic E-state index is 0.0519. The Balaban J connectivity index is 3.49. The summed E-state index contributed by atoms with van der Waals surface area (Å²) in [6.07, 6.45) is 15.7. The van der Waals surface area contributed by atoms with Crippen molar-refractivity contribution in [1.82, 2.24) is 10.6 Å². The molecule has 1 atom stereocenters. The molecule has 0 heterocycles. The van der Waals surface area contributed by atoms with E-state index in [1.807, 2.05) is 0 Å². The largest absolute Gasteiger partial charge is 0.481 e. The minimum atomic E-state index is -1.21. The summed E-state index contributed by atoms with van der Waals surface area (Å²) in [5.74, 6) is -2.62. The lowest BCUT2D eigenvalue weighted by atomic mass is 10.0. The molecule has 0 spiro atoms. The molecule has 0 aliphatic carbocycles. The molecule has 0 aromatic heterocycles. The van der Waals surface area contributed by atoms with E-state index in [0.717, 1.165) is 38.5 Å². The number of ether oxygens (including phenoxy) is 8. The molecule has 0 radical (unpaired) electrons. The average Bonchev–Trinajstić information content (AvgIpc) is 3.21. The van der Waals surface area contributed by atoms with Gasteiger partial charge in [0.2, 0.25) is 11.8 Å².